The summed E-state index contributed by atoms with van der Waals surface area (Å²) in [6.45, 7) is 4.88. The molecule has 2 aromatic carbocycles. The van der Waals surface area contributed by atoms with Crippen LogP contribution in [0.15, 0.2) is 48.2 Å². The molecule has 2 heterocycles. The smallest absolute Gasteiger partial charge is 0.350 e. The van der Waals surface area contributed by atoms with E-state index in [0.717, 1.165) is 17.0 Å². The van der Waals surface area contributed by atoms with E-state index in [4.69, 9.17) is 14.2 Å². The van der Waals surface area contributed by atoms with Gasteiger partial charge in [-0.3, -0.25) is 0 Å². The zero-order valence-electron chi connectivity index (χ0n) is 16.9. The van der Waals surface area contributed by atoms with Crippen molar-refractivity contribution < 1.29 is 23.8 Å². The molecule has 0 aliphatic carbocycles. The first-order chi connectivity index (χ1) is 14.3. The second-order valence-electron chi connectivity index (χ2n) is 7.22. The predicted molar refractivity (Wildman–Crippen MR) is 108 cm³/mol. The lowest BCUT2D eigenvalue weighted by molar-refractivity contribution is -0.222. The quantitative estimate of drug-likeness (QED) is 0.399. The number of anilines is 1. The third kappa shape index (κ3) is 3.69. The van der Waals surface area contributed by atoms with E-state index in [2.05, 4.69) is 15.5 Å². The Hall–Kier alpha value is -3.88. The van der Waals surface area contributed by atoms with Crippen LogP contribution >= 0.6 is 0 Å². The molecule has 9 nitrogen and oxygen atoms in total. The van der Waals surface area contributed by atoms with Crippen molar-refractivity contribution in [3.05, 3.63) is 53.7 Å². The number of methoxy groups -OCH3 is 1. The highest BCUT2D eigenvalue weighted by molar-refractivity contribution is 6.15. The molecule has 154 valence electrons. The Morgan fingerprint density at radius 2 is 1.63 bits per heavy atom. The molecule has 0 radical (unpaired) electrons. The number of hydrogen-bond acceptors (Lipinski definition) is 8. The van der Waals surface area contributed by atoms with Crippen molar-refractivity contribution in [2.24, 2.45) is 0 Å². The number of fused-ring (bicyclic) bond motifs is 1. The summed E-state index contributed by atoms with van der Waals surface area (Å²) in [4.78, 5) is 25.7. The molecule has 0 saturated carbocycles. The number of nitrogens with zero attached hydrogens (tertiary/aromatic N) is 3. The van der Waals surface area contributed by atoms with Crippen LogP contribution in [0.2, 0.25) is 0 Å². The number of ether oxygens (including phenoxy) is 3. The first-order valence-corrected chi connectivity index (χ1v) is 9.21. The molecule has 0 unspecified atom stereocenters. The monoisotopic (exact) mass is 408 g/mol. The minimum atomic E-state index is -1.28. The summed E-state index contributed by atoms with van der Waals surface area (Å²) in [6.07, 6.45) is 1.28. The number of esters is 2. The summed E-state index contributed by atoms with van der Waals surface area (Å²) in [5.41, 5.74) is 3.46. The van der Waals surface area contributed by atoms with Gasteiger partial charge in [0, 0.05) is 25.7 Å². The van der Waals surface area contributed by atoms with Gasteiger partial charge in [0.15, 0.2) is 5.57 Å². The third-order valence-electron chi connectivity index (χ3n) is 4.52. The van der Waals surface area contributed by atoms with Crippen molar-refractivity contribution in [2.45, 2.75) is 26.6 Å². The molecule has 1 fully saturated rings. The highest BCUT2D eigenvalue weighted by Crippen LogP contribution is 2.25. The van der Waals surface area contributed by atoms with Crippen LogP contribution in [0, 0.1) is 6.92 Å². The van der Waals surface area contributed by atoms with Gasteiger partial charge in [0.2, 0.25) is 0 Å². The number of cyclic esters (lactones) is 2. The van der Waals surface area contributed by atoms with Crippen molar-refractivity contribution in [1.82, 2.24) is 15.0 Å². The molecule has 0 bridgehead atoms. The maximum atomic E-state index is 12.1. The van der Waals surface area contributed by atoms with Crippen LogP contribution in [0.1, 0.15) is 19.4 Å². The van der Waals surface area contributed by atoms with Crippen molar-refractivity contribution in [1.29, 1.82) is 0 Å². The van der Waals surface area contributed by atoms with Gasteiger partial charge in [0.1, 0.15) is 16.8 Å². The molecule has 1 aliphatic heterocycles. The van der Waals surface area contributed by atoms with Gasteiger partial charge in [0.05, 0.1) is 12.8 Å². The molecular formula is C21H20N4O5. The fraction of sp³-hybridized carbons (Fsp3) is 0.238. The van der Waals surface area contributed by atoms with Gasteiger partial charge >= 0.3 is 11.9 Å². The van der Waals surface area contributed by atoms with E-state index in [-0.39, 0.29) is 5.57 Å². The molecule has 1 aromatic heterocycles. The Balaban J connectivity index is 1.61. The average molecular weight is 408 g/mol. The van der Waals surface area contributed by atoms with E-state index in [9.17, 15) is 9.59 Å². The van der Waals surface area contributed by atoms with Crippen LogP contribution < -0.4 is 10.1 Å². The van der Waals surface area contributed by atoms with Gasteiger partial charge < -0.3 is 19.5 Å². The lowest BCUT2D eigenvalue weighted by Gasteiger charge is -2.29. The highest BCUT2D eigenvalue weighted by atomic mass is 16.7. The average Bonchev–Trinajstić information content (AvgIpc) is 3.09. The summed E-state index contributed by atoms with van der Waals surface area (Å²) in [6, 6.07) is 11.0. The molecule has 3 aromatic rings. The predicted octanol–water partition coefficient (Wildman–Crippen LogP) is 2.87. The van der Waals surface area contributed by atoms with Crippen LogP contribution in [0.4, 0.5) is 5.69 Å². The van der Waals surface area contributed by atoms with Gasteiger partial charge in [-0.05, 0) is 48.9 Å². The van der Waals surface area contributed by atoms with E-state index < -0.39 is 17.7 Å². The van der Waals surface area contributed by atoms with Crippen LogP contribution in [0.3, 0.4) is 0 Å². The second-order valence-corrected chi connectivity index (χ2v) is 7.22. The topological polar surface area (TPSA) is 105 Å². The van der Waals surface area contributed by atoms with Crippen LogP contribution in [-0.2, 0) is 19.1 Å². The largest absolute Gasteiger partial charge is 0.497 e. The molecule has 0 atom stereocenters. The first kappa shape index (κ1) is 19.4. The Morgan fingerprint density at radius 1 is 1.03 bits per heavy atom. The molecule has 4 rings (SSSR count). The van der Waals surface area contributed by atoms with Gasteiger partial charge in [0.25, 0.3) is 5.79 Å². The summed E-state index contributed by atoms with van der Waals surface area (Å²) in [7, 11) is 1.61. The number of nitrogens with one attached hydrogen (secondary N) is 1. The van der Waals surface area contributed by atoms with Crippen molar-refractivity contribution in [3.63, 3.8) is 0 Å². The number of hydrogen-bond donors (Lipinski definition) is 1. The van der Waals surface area contributed by atoms with Gasteiger partial charge in [-0.25, -0.2) is 9.59 Å². The van der Waals surface area contributed by atoms with E-state index in [1.165, 1.54) is 24.8 Å². The third-order valence-corrected chi connectivity index (χ3v) is 4.52. The molecule has 0 amide bonds. The molecule has 0 spiro atoms. The molecule has 1 aliphatic rings. The minimum Gasteiger partial charge on any atom is -0.497 e. The standard InChI is InChI=1S/C21H20N4O5/c1-12-9-17-18(24-25(23-17)13-5-7-14(28-4)8-6-13)10-16(12)22-11-15-19(26)29-21(2,3)30-20(15)27/h5-11,22H,1-4H3. The maximum absolute atomic E-state index is 12.1. The summed E-state index contributed by atoms with van der Waals surface area (Å²) in [5, 5.41) is 12.0. The normalized spacial score (nSPS) is 15.5. The maximum Gasteiger partial charge on any atom is 0.350 e. The number of rotatable bonds is 4. The second kappa shape index (κ2) is 7.18. The minimum absolute atomic E-state index is 0.212. The lowest BCUT2D eigenvalue weighted by atomic mass is 10.1. The van der Waals surface area contributed by atoms with Crippen LogP contribution in [0.5, 0.6) is 5.75 Å². The summed E-state index contributed by atoms with van der Waals surface area (Å²) < 4.78 is 15.3. The SMILES string of the molecule is COc1ccc(-n2nc3cc(C)c(NC=C4C(=O)OC(C)(C)OC4=O)cc3n2)cc1. The Kier molecular flexibility index (Phi) is 4.65. The first-order valence-electron chi connectivity index (χ1n) is 9.21. The molecule has 1 N–H and O–H groups in total. The van der Waals surface area contributed by atoms with Crippen molar-refractivity contribution >= 4 is 28.7 Å². The zero-order valence-corrected chi connectivity index (χ0v) is 16.9. The van der Waals surface area contributed by atoms with Crippen molar-refractivity contribution in [2.75, 3.05) is 12.4 Å². The van der Waals surface area contributed by atoms with Gasteiger partial charge in [-0.15, -0.1) is 10.2 Å². The van der Waals surface area contributed by atoms with E-state index in [0.29, 0.717) is 16.7 Å². The summed E-state index contributed by atoms with van der Waals surface area (Å²) in [5.74, 6) is -2.02. The number of benzene rings is 2. The number of aromatic nitrogens is 3. The van der Waals surface area contributed by atoms with E-state index >= 15 is 0 Å². The number of carbonyl (C=O) groups excluding carboxylic acids is 2. The van der Waals surface area contributed by atoms with Gasteiger partial charge in [-0.1, -0.05) is 0 Å². The Bertz CT molecular complexity index is 1160. The van der Waals surface area contributed by atoms with Crippen molar-refractivity contribution in [3.8, 4) is 11.4 Å². The van der Waals surface area contributed by atoms with Crippen LogP contribution in [-0.4, -0.2) is 39.8 Å². The lowest BCUT2D eigenvalue weighted by Crippen LogP contribution is -2.42. The van der Waals surface area contributed by atoms with Crippen LogP contribution in [0.25, 0.3) is 16.7 Å². The van der Waals surface area contributed by atoms with E-state index in [1.54, 1.807) is 13.2 Å². The Labute approximate surface area is 172 Å². The zero-order chi connectivity index (χ0) is 21.5. The van der Waals surface area contributed by atoms with E-state index in [1.807, 2.05) is 37.3 Å². The highest BCUT2D eigenvalue weighted by Gasteiger charge is 2.38. The molecule has 30 heavy (non-hydrogen) atoms. The molecular weight excluding hydrogens is 388 g/mol. The fourth-order valence-electron chi connectivity index (χ4n) is 2.98. The number of carbonyl (C=O) groups is 2. The molecule has 1 saturated heterocycles. The fourth-order valence-corrected chi connectivity index (χ4v) is 2.98. The van der Waals surface area contributed by atoms with Gasteiger partial charge in [-0.2, -0.15) is 4.80 Å². The Morgan fingerprint density at radius 3 is 2.23 bits per heavy atom. The summed E-state index contributed by atoms with van der Waals surface area (Å²) >= 11 is 0. The number of aryl methyl sites for hydroxylation is 1. The molecule has 9 heteroatoms.